The molecule has 0 saturated carbocycles. The molecule has 0 aliphatic heterocycles. The number of nitrogens with zero attached hydrogens (tertiary/aromatic N) is 2. The lowest BCUT2D eigenvalue weighted by molar-refractivity contribution is -0.116. The summed E-state index contributed by atoms with van der Waals surface area (Å²) in [4.78, 5) is 27.8. The molecule has 0 fully saturated rings. The summed E-state index contributed by atoms with van der Waals surface area (Å²) in [6, 6.07) is 13.2. The average Bonchev–Trinajstić information content (AvgIpc) is 3.13. The van der Waals surface area contributed by atoms with Gasteiger partial charge in [0.25, 0.3) is 0 Å². The summed E-state index contributed by atoms with van der Waals surface area (Å²) < 4.78 is 30.0. The molecular weight excluding hydrogens is 406 g/mol. The molecule has 0 saturated heterocycles. The van der Waals surface area contributed by atoms with E-state index in [1.165, 1.54) is 19.1 Å². The number of aromatic nitrogens is 2. The molecule has 1 amide bonds. The molecule has 0 aliphatic rings. The minimum atomic E-state index is -3.59. The third-order valence-corrected chi connectivity index (χ3v) is 5.96. The van der Waals surface area contributed by atoms with Gasteiger partial charge < -0.3 is 9.84 Å². The first kappa shape index (κ1) is 21.4. The zero-order chi connectivity index (χ0) is 21.7. The van der Waals surface area contributed by atoms with E-state index in [9.17, 15) is 18.0 Å². The highest BCUT2D eigenvalue weighted by Gasteiger charge is 2.19. The topological polar surface area (TPSA) is 119 Å². The summed E-state index contributed by atoms with van der Waals surface area (Å²) in [7, 11) is -3.59. The van der Waals surface area contributed by atoms with Crippen LogP contribution in [0, 0.1) is 6.92 Å². The summed E-state index contributed by atoms with van der Waals surface area (Å²) in [5, 5.41) is 6.40. The fraction of sp³-hybridized carbons (Fsp3) is 0.238. The van der Waals surface area contributed by atoms with Gasteiger partial charge in [-0.15, -0.1) is 0 Å². The third-order valence-electron chi connectivity index (χ3n) is 4.33. The summed E-state index contributed by atoms with van der Waals surface area (Å²) in [6.45, 7) is 3.32. The van der Waals surface area contributed by atoms with E-state index in [0.29, 0.717) is 11.3 Å². The Balaban J connectivity index is 1.56. The van der Waals surface area contributed by atoms with E-state index in [1.54, 1.807) is 36.4 Å². The van der Waals surface area contributed by atoms with Crippen molar-refractivity contribution in [2.24, 2.45) is 0 Å². The molecule has 1 aromatic heterocycles. The number of anilines is 1. The Morgan fingerprint density at radius 1 is 1.10 bits per heavy atom. The highest BCUT2D eigenvalue weighted by molar-refractivity contribution is 7.90. The number of aryl methyl sites for hydroxylation is 2. The fourth-order valence-corrected chi connectivity index (χ4v) is 3.88. The maximum Gasteiger partial charge on any atom is 0.227 e. The summed E-state index contributed by atoms with van der Waals surface area (Å²) in [6.07, 6.45) is 0.229. The number of Topliss-reactive ketones (excluding diaryl/α,β-unsaturated/α-hetero) is 1. The molecule has 1 N–H and O–H groups in total. The maximum atomic E-state index is 12.5. The van der Waals surface area contributed by atoms with Crippen molar-refractivity contribution in [1.29, 1.82) is 0 Å². The Morgan fingerprint density at radius 3 is 2.53 bits per heavy atom. The molecule has 0 unspecified atom stereocenters. The van der Waals surface area contributed by atoms with Gasteiger partial charge in [-0.3, -0.25) is 9.59 Å². The van der Waals surface area contributed by atoms with Gasteiger partial charge in [0.05, 0.1) is 4.90 Å². The van der Waals surface area contributed by atoms with Crippen molar-refractivity contribution in [1.82, 2.24) is 10.1 Å². The van der Waals surface area contributed by atoms with Crippen molar-refractivity contribution in [3.05, 3.63) is 71.4 Å². The molecule has 1 heterocycles. The second kappa shape index (κ2) is 9.00. The van der Waals surface area contributed by atoms with Gasteiger partial charge in [-0.2, -0.15) is 4.98 Å². The first-order valence-corrected chi connectivity index (χ1v) is 10.9. The number of carbonyl (C=O) groups is 2. The number of hydrogen-bond donors (Lipinski definition) is 1. The molecule has 30 heavy (non-hydrogen) atoms. The molecule has 9 heteroatoms. The van der Waals surface area contributed by atoms with Crippen molar-refractivity contribution >= 4 is 27.2 Å². The van der Waals surface area contributed by atoms with Crippen molar-refractivity contribution < 1.29 is 22.5 Å². The van der Waals surface area contributed by atoms with Crippen LogP contribution in [-0.2, 0) is 26.8 Å². The second-order valence-corrected chi connectivity index (χ2v) is 8.85. The minimum Gasteiger partial charge on any atom is -0.339 e. The van der Waals surface area contributed by atoms with Crippen LogP contribution >= 0.6 is 0 Å². The number of hydrogen-bond acceptors (Lipinski definition) is 7. The standard InChI is InChI=1S/C21H21N3O5S/c1-14-6-8-18(9-7-14)30(27,28)13-19-23-21(29-24-19)11-10-20(26)22-17-5-3-4-16(12-17)15(2)25/h3-9,12H,10-11,13H2,1-2H3,(H,22,26). The van der Waals surface area contributed by atoms with E-state index in [-0.39, 0.29) is 46.9 Å². The van der Waals surface area contributed by atoms with Gasteiger partial charge in [-0.1, -0.05) is 35.0 Å². The van der Waals surface area contributed by atoms with E-state index < -0.39 is 9.84 Å². The number of amides is 1. The van der Waals surface area contributed by atoms with Gasteiger partial charge in [0, 0.05) is 24.1 Å². The van der Waals surface area contributed by atoms with Crippen LogP contribution in [0.1, 0.15) is 41.0 Å². The molecule has 0 bridgehead atoms. The van der Waals surface area contributed by atoms with Crippen molar-refractivity contribution in [2.45, 2.75) is 37.3 Å². The third kappa shape index (κ3) is 5.60. The van der Waals surface area contributed by atoms with Gasteiger partial charge in [-0.25, -0.2) is 8.42 Å². The molecule has 3 rings (SSSR count). The first-order chi connectivity index (χ1) is 14.2. The molecular formula is C21H21N3O5S. The van der Waals surface area contributed by atoms with Crippen LogP contribution in [0.2, 0.25) is 0 Å². The molecule has 3 aromatic rings. The van der Waals surface area contributed by atoms with Gasteiger partial charge >= 0.3 is 0 Å². The Hall–Kier alpha value is -3.33. The zero-order valence-electron chi connectivity index (χ0n) is 16.6. The SMILES string of the molecule is CC(=O)c1cccc(NC(=O)CCc2nc(CS(=O)(=O)c3ccc(C)cc3)no2)c1. The van der Waals surface area contributed by atoms with Crippen LogP contribution < -0.4 is 5.32 Å². The quantitative estimate of drug-likeness (QED) is 0.549. The van der Waals surface area contributed by atoms with Crippen molar-refractivity contribution in [3.63, 3.8) is 0 Å². The van der Waals surface area contributed by atoms with Crippen LogP contribution in [0.5, 0.6) is 0 Å². The van der Waals surface area contributed by atoms with Gasteiger partial charge in [0.2, 0.25) is 11.8 Å². The monoisotopic (exact) mass is 427 g/mol. The molecule has 156 valence electrons. The Bertz CT molecular complexity index is 1170. The number of ketones is 1. The molecule has 0 spiro atoms. The Labute approximate surface area is 174 Å². The van der Waals surface area contributed by atoms with Gasteiger partial charge in [-0.05, 0) is 38.1 Å². The fourth-order valence-electron chi connectivity index (χ4n) is 2.71. The summed E-state index contributed by atoms with van der Waals surface area (Å²) >= 11 is 0. The number of benzene rings is 2. The van der Waals surface area contributed by atoms with Crippen LogP contribution in [0.25, 0.3) is 0 Å². The molecule has 8 nitrogen and oxygen atoms in total. The van der Waals surface area contributed by atoms with Crippen molar-refractivity contribution in [2.75, 3.05) is 5.32 Å². The van der Waals surface area contributed by atoms with Gasteiger partial charge in [0.15, 0.2) is 21.4 Å². The molecule has 2 aromatic carbocycles. The lowest BCUT2D eigenvalue weighted by Gasteiger charge is -2.05. The van der Waals surface area contributed by atoms with Crippen molar-refractivity contribution in [3.8, 4) is 0 Å². The number of carbonyl (C=O) groups excluding carboxylic acids is 2. The van der Waals surface area contributed by atoms with Gasteiger partial charge in [0.1, 0.15) is 5.75 Å². The van der Waals surface area contributed by atoms with E-state index in [4.69, 9.17) is 4.52 Å². The highest BCUT2D eigenvalue weighted by Crippen LogP contribution is 2.16. The summed E-state index contributed by atoms with van der Waals surface area (Å²) in [5.74, 6) is -0.548. The van der Waals surface area contributed by atoms with E-state index in [0.717, 1.165) is 5.56 Å². The van der Waals surface area contributed by atoms with E-state index in [2.05, 4.69) is 15.5 Å². The van der Waals surface area contributed by atoms with E-state index in [1.807, 2.05) is 6.92 Å². The lowest BCUT2D eigenvalue weighted by atomic mass is 10.1. The normalized spacial score (nSPS) is 11.3. The molecule has 0 atom stereocenters. The average molecular weight is 427 g/mol. The molecule has 0 radical (unpaired) electrons. The maximum absolute atomic E-state index is 12.5. The predicted octanol–water partition coefficient (Wildman–Crippen LogP) is 3.13. The van der Waals surface area contributed by atoms with Crippen LogP contribution in [0.3, 0.4) is 0 Å². The highest BCUT2D eigenvalue weighted by atomic mass is 32.2. The predicted molar refractivity (Wildman–Crippen MR) is 110 cm³/mol. The number of sulfone groups is 1. The minimum absolute atomic E-state index is 0.0418. The largest absolute Gasteiger partial charge is 0.339 e. The zero-order valence-corrected chi connectivity index (χ0v) is 17.4. The second-order valence-electron chi connectivity index (χ2n) is 6.86. The smallest absolute Gasteiger partial charge is 0.227 e. The Morgan fingerprint density at radius 2 is 1.83 bits per heavy atom. The lowest BCUT2D eigenvalue weighted by Crippen LogP contribution is -2.13. The van der Waals surface area contributed by atoms with Crippen LogP contribution in [-0.4, -0.2) is 30.2 Å². The van der Waals surface area contributed by atoms with Crippen LogP contribution in [0.4, 0.5) is 5.69 Å². The Kier molecular flexibility index (Phi) is 6.41. The van der Waals surface area contributed by atoms with Crippen LogP contribution in [0.15, 0.2) is 57.9 Å². The number of rotatable bonds is 8. The summed E-state index contributed by atoms with van der Waals surface area (Å²) in [5.41, 5.74) is 1.98. The number of nitrogens with one attached hydrogen (secondary N) is 1. The molecule has 0 aliphatic carbocycles. The first-order valence-electron chi connectivity index (χ1n) is 9.25. The van der Waals surface area contributed by atoms with E-state index >= 15 is 0 Å².